The highest BCUT2D eigenvalue weighted by Crippen LogP contribution is 2.03. The lowest BCUT2D eigenvalue weighted by Crippen LogP contribution is -2.23. The summed E-state index contributed by atoms with van der Waals surface area (Å²) in [6, 6.07) is 0.261. The molecule has 5 heteroatoms. The van der Waals surface area contributed by atoms with Crippen molar-refractivity contribution in [1.29, 1.82) is 0 Å². The molecule has 12 heavy (non-hydrogen) atoms. The van der Waals surface area contributed by atoms with Crippen LogP contribution >= 0.6 is 0 Å². The van der Waals surface area contributed by atoms with Crippen molar-refractivity contribution in [3.05, 3.63) is 6.20 Å². The van der Waals surface area contributed by atoms with Crippen LogP contribution in [-0.4, -0.2) is 40.5 Å². The van der Waals surface area contributed by atoms with E-state index in [1.54, 1.807) is 11.0 Å². The van der Waals surface area contributed by atoms with Crippen molar-refractivity contribution in [2.45, 2.75) is 13.0 Å². The molecule has 0 bridgehead atoms. The number of nitrogens with two attached hydrogens (primary N) is 1. The first-order chi connectivity index (χ1) is 5.59. The molecule has 0 fully saturated rings. The van der Waals surface area contributed by atoms with Gasteiger partial charge >= 0.3 is 0 Å². The number of likely N-dealkylation sites (N-methyl/N-ethyl adjacent to an activating group) is 1. The summed E-state index contributed by atoms with van der Waals surface area (Å²) < 4.78 is 0. The van der Waals surface area contributed by atoms with E-state index in [1.165, 1.54) is 0 Å². The zero-order valence-electron chi connectivity index (χ0n) is 7.73. The first-order valence-corrected chi connectivity index (χ1v) is 3.91. The molecule has 0 aliphatic carbocycles. The van der Waals surface area contributed by atoms with Gasteiger partial charge in [-0.2, -0.15) is 9.90 Å². The summed E-state index contributed by atoms with van der Waals surface area (Å²) in [5, 5.41) is 8.04. The maximum Gasteiger partial charge on any atom is 0.165 e. The van der Waals surface area contributed by atoms with Crippen LogP contribution in [0.1, 0.15) is 13.0 Å². The summed E-state index contributed by atoms with van der Waals surface area (Å²) in [4.78, 5) is 3.72. The first-order valence-electron chi connectivity index (χ1n) is 3.91. The van der Waals surface area contributed by atoms with Crippen molar-refractivity contribution in [3.63, 3.8) is 0 Å². The SMILES string of the molecule is CC(CN(C)C)n1ncc(N)n1. The maximum absolute atomic E-state index is 5.44. The summed E-state index contributed by atoms with van der Waals surface area (Å²) in [6.07, 6.45) is 1.56. The van der Waals surface area contributed by atoms with Crippen LogP contribution in [0.3, 0.4) is 0 Å². The number of aromatic nitrogens is 3. The molecule has 1 heterocycles. The Bertz CT molecular complexity index is 242. The molecule has 0 aliphatic rings. The minimum atomic E-state index is 0.261. The number of rotatable bonds is 3. The molecule has 5 nitrogen and oxygen atoms in total. The summed E-state index contributed by atoms with van der Waals surface area (Å²) >= 11 is 0. The van der Waals surface area contributed by atoms with E-state index in [-0.39, 0.29) is 6.04 Å². The fourth-order valence-electron chi connectivity index (χ4n) is 1.10. The second-order valence-corrected chi connectivity index (χ2v) is 3.20. The molecule has 1 aromatic heterocycles. The van der Waals surface area contributed by atoms with E-state index in [0.29, 0.717) is 5.82 Å². The molecule has 0 aliphatic heterocycles. The average Bonchev–Trinajstić information content (AvgIpc) is 2.34. The van der Waals surface area contributed by atoms with Crippen molar-refractivity contribution in [2.24, 2.45) is 0 Å². The summed E-state index contributed by atoms with van der Waals surface area (Å²) in [5.74, 6) is 0.473. The Morgan fingerprint density at radius 2 is 2.33 bits per heavy atom. The number of nitrogens with zero attached hydrogens (tertiary/aromatic N) is 4. The lowest BCUT2D eigenvalue weighted by Gasteiger charge is -2.15. The third kappa shape index (κ3) is 2.20. The molecule has 0 spiro atoms. The summed E-state index contributed by atoms with van der Waals surface area (Å²) in [7, 11) is 4.03. The Kier molecular flexibility index (Phi) is 2.65. The molecule has 1 unspecified atom stereocenters. The molecule has 0 amide bonds. The van der Waals surface area contributed by atoms with Gasteiger partial charge in [-0.3, -0.25) is 0 Å². The topological polar surface area (TPSA) is 60.0 Å². The molecule has 0 saturated heterocycles. The van der Waals surface area contributed by atoms with Crippen molar-refractivity contribution in [1.82, 2.24) is 19.9 Å². The molecule has 1 atom stereocenters. The van der Waals surface area contributed by atoms with Crippen molar-refractivity contribution in [2.75, 3.05) is 26.4 Å². The van der Waals surface area contributed by atoms with Crippen LogP contribution in [0.25, 0.3) is 0 Å². The predicted molar refractivity (Wildman–Crippen MR) is 47.7 cm³/mol. The highest BCUT2D eigenvalue weighted by molar-refractivity contribution is 5.19. The third-order valence-electron chi connectivity index (χ3n) is 1.55. The molecule has 1 aromatic rings. The van der Waals surface area contributed by atoms with Crippen LogP contribution in [0.5, 0.6) is 0 Å². The van der Waals surface area contributed by atoms with Crippen LogP contribution in [-0.2, 0) is 0 Å². The molecular formula is C7H15N5. The molecule has 68 valence electrons. The summed E-state index contributed by atoms with van der Waals surface area (Å²) in [5.41, 5.74) is 5.44. The number of nitrogen functional groups attached to an aromatic ring is 1. The minimum Gasteiger partial charge on any atom is -0.381 e. The molecule has 2 N–H and O–H groups in total. The van der Waals surface area contributed by atoms with Gasteiger partial charge in [0.05, 0.1) is 12.2 Å². The van der Waals surface area contributed by atoms with Crippen LogP contribution in [0, 0.1) is 0 Å². The fraction of sp³-hybridized carbons (Fsp3) is 0.714. The van der Waals surface area contributed by atoms with E-state index < -0.39 is 0 Å². The molecule has 1 rings (SSSR count). The second kappa shape index (κ2) is 3.53. The van der Waals surface area contributed by atoms with Crippen molar-refractivity contribution < 1.29 is 0 Å². The van der Waals surface area contributed by atoms with Crippen LogP contribution in [0.15, 0.2) is 6.20 Å². The Hall–Kier alpha value is -1.10. The lowest BCUT2D eigenvalue weighted by molar-refractivity contribution is 0.303. The number of hydrogen-bond acceptors (Lipinski definition) is 4. The standard InChI is InChI=1S/C7H15N5/c1-6(5-11(2)3)12-9-4-7(8)10-12/h4,6H,5H2,1-3H3,(H2,8,10). The van der Waals surface area contributed by atoms with Gasteiger partial charge in [-0.1, -0.05) is 0 Å². The number of anilines is 1. The first kappa shape index (κ1) is 8.99. The largest absolute Gasteiger partial charge is 0.381 e. The van der Waals surface area contributed by atoms with Crippen molar-refractivity contribution in [3.8, 4) is 0 Å². The van der Waals surface area contributed by atoms with Gasteiger partial charge in [0.2, 0.25) is 0 Å². The van der Waals surface area contributed by atoms with E-state index in [1.807, 2.05) is 14.1 Å². The monoisotopic (exact) mass is 169 g/mol. The smallest absolute Gasteiger partial charge is 0.165 e. The van der Waals surface area contributed by atoms with Gasteiger partial charge < -0.3 is 10.6 Å². The molecular weight excluding hydrogens is 154 g/mol. The van der Waals surface area contributed by atoms with Crippen LogP contribution in [0.2, 0.25) is 0 Å². The highest BCUT2D eigenvalue weighted by atomic mass is 15.5. The predicted octanol–water partition coefficient (Wildman–Crippen LogP) is -0.0171. The Morgan fingerprint density at radius 3 is 2.75 bits per heavy atom. The number of hydrogen-bond donors (Lipinski definition) is 1. The van der Waals surface area contributed by atoms with Crippen LogP contribution < -0.4 is 5.73 Å². The van der Waals surface area contributed by atoms with Gasteiger partial charge in [0, 0.05) is 6.54 Å². The molecule has 0 aromatic carbocycles. The lowest BCUT2D eigenvalue weighted by atomic mass is 10.3. The van der Waals surface area contributed by atoms with Gasteiger partial charge in [-0.05, 0) is 21.0 Å². The third-order valence-corrected chi connectivity index (χ3v) is 1.55. The van der Waals surface area contributed by atoms with E-state index in [4.69, 9.17) is 5.73 Å². The van der Waals surface area contributed by atoms with E-state index in [0.717, 1.165) is 6.54 Å². The van der Waals surface area contributed by atoms with Gasteiger partial charge in [0.25, 0.3) is 0 Å². The fourth-order valence-corrected chi connectivity index (χ4v) is 1.10. The molecule has 0 saturated carbocycles. The zero-order chi connectivity index (χ0) is 9.14. The van der Waals surface area contributed by atoms with Gasteiger partial charge in [-0.15, -0.1) is 5.10 Å². The Morgan fingerprint density at radius 1 is 1.67 bits per heavy atom. The Balaban J connectivity index is 2.58. The summed E-state index contributed by atoms with van der Waals surface area (Å²) in [6.45, 7) is 2.97. The molecule has 0 radical (unpaired) electrons. The Labute approximate surface area is 72.2 Å². The van der Waals surface area contributed by atoms with E-state index in [2.05, 4.69) is 22.0 Å². The normalized spacial score (nSPS) is 13.7. The van der Waals surface area contributed by atoms with Gasteiger partial charge in [-0.25, -0.2) is 0 Å². The zero-order valence-corrected chi connectivity index (χ0v) is 7.73. The minimum absolute atomic E-state index is 0.261. The average molecular weight is 169 g/mol. The van der Waals surface area contributed by atoms with Gasteiger partial charge in [0.15, 0.2) is 5.82 Å². The van der Waals surface area contributed by atoms with E-state index >= 15 is 0 Å². The second-order valence-electron chi connectivity index (χ2n) is 3.20. The maximum atomic E-state index is 5.44. The van der Waals surface area contributed by atoms with Crippen LogP contribution in [0.4, 0.5) is 5.82 Å². The van der Waals surface area contributed by atoms with E-state index in [9.17, 15) is 0 Å². The highest BCUT2D eigenvalue weighted by Gasteiger charge is 2.07. The van der Waals surface area contributed by atoms with Gasteiger partial charge in [0.1, 0.15) is 0 Å². The quantitative estimate of drug-likeness (QED) is 0.691. The van der Waals surface area contributed by atoms with Crippen molar-refractivity contribution >= 4 is 5.82 Å².